The van der Waals surface area contributed by atoms with E-state index in [9.17, 15) is 19.2 Å². The summed E-state index contributed by atoms with van der Waals surface area (Å²) >= 11 is 0. The topological polar surface area (TPSA) is 111 Å². The van der Waals surface area contributed by atoms with Crippen LogP contribution < -0.4 is 20.1 Å². The predicted molar refractivity (Wildman–Crippen MR) is 127 cm³/mol. The van der Waals surface area contributed by atoms with E-state index in [0.717, 1.165) is 24.3 Å². The Morgan fingerprint density at radius 3 is 1.38 bits per heavy atom. The van der Waals surface area contributed by atoms with Gasteiger partial charge in [-0.1, -0.05) is 6.07 Å². The maximum Gasteiger partial charge on any atom is 0.248 e. The van der Waals surface area contributed by atoms with Crippen LogP contribution in [0, 0.1) is 0 Å². The summed E-state index contributed by atoms with van der Waals surface area (Å²) in [4.78, 5) is 43.7. The van der Waals surface area contributed by atoms with E-state index in [2.05, 4.69) is 10.6 Å². The Morgan fingerprint density at radius 1 is 0.588 bits per heavy atom. The monoisotopic (exact) mass is 456 g/mol. The highest BCUT2D eigenvalue weighted by Gasteiger charge is 2.04. The maximum atomic E-state index is 11.6. The molecule has 8 heteroatoms. The van der Waals surface area contributed by atoms with Crippen molar-refractivity contribution in [3.05, 3.63) is 97.1 Å². The van der Waals surface area contributed by atoms with Gasteiger partial charge in [0, 0.05) is 29.6 Å². The smallest absolute Gasteiger partial charge is 0.248 e. The molecule has 0 atom stereocenters. The predicted octanol–water partition coefficient (Wildman–Crippen LogP) is 4.66. The Balaban J connectivity index is 1.58. The van der Waals surface area contributed by atoms with Crippen LogP contribution in [-0.4, -0.2) is 24.4 Å². The van der Waals surface area contributed by atoms with E-state index in [1.807, 2.05) is 0 Å². The number of aldehydes is 2. The van der Waals surface area contributed by atoms with Gasteiger partial charge in [0.15, 0.2) is 0 Å². The third-order valence-electron chi connectivity index (χ3n) is 4.17. The molecule has 0 saturated heterocycles. The number of carbonyl (C=O) groups is 4. The minimum Gasteiger partial charge on any atom is -0.457 e. The highest BCUT2D eigenvalue weighted by molar-refractivity contribution is 6.01. The Hall–Kier alpha value is -4.98. The number of amides is 2. The van der Waals surface area contributed by atoms with Crippen molar-refractivity contribution < 1.29 is 28.7 Å². The van der Waals surface area contributed by atoms with Crippen molar-refractivity contribution in [2.45, 2.75) is 0 Å². The minimum absolute atomic E-state index is 0.407. The van der Waals surface area contributed by atoms with Gasteiger partial charge < -0.3 is 20.1 Å². The van der Waals surface area contributed by atoms with E-state index < -0.39 is 11.8 Å². The van der Waals surface area contributed by atoms with Crippen LogP contribution in [0.3, 0.4) is 0 Å². The van der Waals surface area contributed by atoms with Gasteiger partial charge in [-0.15, -0.1) is 0 Å². The molecule has 0 aliphatic heterocycles. The maximum absolute atomic E-state index is 11.6. The second-order valence-electron chi connectivity index (χ2n) is 6.70. The number of anilines is 2. The summed E-state index contributed by atoms with van der Waals surface area (Å²) in [6.45, 7) is 0. The Kier molecular flexibility index (Phi) is 8.47. The second kappa shape index (κ2) is 12.2. The zero-order valence-corrected chi connectivity index (χ0v) is 17.8. The highest BCUT2D eigenvalue weighted by Crippen LogP contribution is 2.29. The van der Waals surface area contributed by atoms with Crippen LogP contribution in [0.4, 0.5) is 11.4 Å². The van der Waals surface area contributed by atoms with Gasteiger partial charge in [-0.25, -0.2) is 0 Å². The van der Waals surface area contributed by atoms with Gasteiger partial charge in [0.2, 0.25) is 11.8 Å². The van der Waals surface area contributed by atoms with E-state index in [4.69, 9.17) is 9.47 Å². The molecule has 3 aromatic carbocycles. The standard InChI is InChI=1S/C26H20N2O6/c29-16-2-6-25(31)27-19-8-12-21(13-9-19)33-23-4-1-5-24(18-23)34-22-14-10-20(11-15-22)28-26(32)7-3-17-30/h1-18H,(H,27,31)(H,28,32)/b6-2-,7-3-. The number of ether oxygens (including phenoxy) is 2. The highest BCUT2D eigenvalue weighted by atomic mass is 16.5. The van der Waals surface area contributed by atoms with E-state index in [-0.39, 0.29) is 0 Å². The third-order valence-corrected chi connectivity index (χ3v) is 4.17. The first-order valence-electron chi connectivity index (χ1n) is 10.1. The van der Waals surface area contributed by atoms with Gasteiger partial charge in [0.05, 0.1) is 0 Å². The molecule has 0 saturated carbocycles. The van der Waals surface area contributed by atoms with Crippen molar-refractivity contribution in [1.82, 2.24) is 0 Å². The summed E-state index contributed by atoms with van der Waals surface area (Å²) in [6, 6.07) is 20.6. The Labute approximate surface area is 195 Å². The molecule has 0 heterocycles. The molecule has 0 radical (unpaired) electrons. The summed E-state index contributed by atoms with van der Waals surface area (Å²) in [5.41, 5.74) is 1.12. The van der Waals surface area contributed by atoms with Crippen LogP contribution >= 0.6 is 0 Å². The van der Waals surface area contributed by atoms with Gasteiger partial charge >= 0.3 is 0 Å². The summed E-state index contributed by atoms with van der Waals surface area (Å²) in [6.07, 6.45) is 5.56. The lowest BCUT2D eigenvalue weighted by molar-refractivity contribution is -0.112. The lowest BCUT2D eigenvalue weighted by Gasteiger charge is -2.10. The third kappa shape index (κ3) is 7.61. The van der Waals surface area contributed by atoms with Crippen LogP contribution in [0.5, 0.6) is 23.0 Å². The Bertz CT molecular complexity index is 1120. The van der Waals surface area contributed by atoms with Gasteiger partial charge in [0.25, 0.3) is 0 Å². The number of nitrogens with one attached hydrogen (secondary N) is 2. The summed E-state index contributed by atoms with van der Waals surface area (Å²) in [7, 11) is 0. The molecule has 0 bridgehead atoms. The molecule has 0 aromatic heterocycles. The zero-order chi connectivity index (χ0) is 24.2. The molecule has 34 heavy (non-hydrogen) atoms. The van der Waals surface area contributed by atoms with Crippen molar-refractivity contribution in [3.63, 3.8) is 0 Å². The fraction of sp³-hybridized carbons (Fsp3) is 0. The summed E-state index contributed by atoms with van der Waals surface area (Å²) in [5, 5.41) is 5.25. The first kappa shape index (κ1) is 23.7. The molecule has 2 N–H and O–H groups in total. The van der Waals surface area contributed by atoms with E-state index in [1.165, 1.54) is 0 Å². The van der Waals surface area contributed by atoms with Gasteiger partial charge in [-0.3, -0.25) is 19.2 Å². The normalized spacial score (nSPS) is 10.6. The number of allylic oxidation sites excluding steroid dienone is 2. The average molecular weight is 456 g/mol. The molecule has 3 rings (SSSR count). The number of hydrogen-bond acceptors (Lipinski definition) is 6. The SMILES string of the molecule is O=C/C=C\C(=O)Nc1ccc(Oc2cccc(Oc3ccc(NC(=O)/C=C\C=O)cc3)c2)cc1. The van der Waals surface area contributed by atoms with Crippen LogP contribution in [0.1, 0.15) is 0 Å². The quantitative estimate of drug-likeness (QED) is 0.339. The van der Waals surface area contributed by atoms with Crippen LogP contribution in [0.25, 0.3) is 0 Å². The van der Waals surface area contributed by atoms with E-state index in [1.54, 1.807) is 72.8 Å². The molecule has 8 nitrogen and oxygen atoms in total. The molecular formula is C26H20N2O6. The van der Waals surface area contributed by atoms with Crippen molar-refractivity contribution in [2.24, 2.45) is 0 Å². The second-order valence-corrected chi connectivity index (χ2v) is 6.70. The van der Waals surface area contributed by atoms with Gasteiger partial charge in [0.1, 0.15) is 35.6 Å². The summed E-state index contributed by atoms with van der Waals surface area (Å²) < 4.78 is 11.7. The molecule has 0 spiro atoms. The molecule has 0 aliphatic rings. The van der Waals surface area contributed by atoms with Crippen molar-refractivity contribution in [2.75, 3.05) is 10.6 Å². The number of rotatable bonds is 10. The molecule has 0 fully saturated rings. The Morgan fingerprint density at radius 2 is 1.00 bits per heavy atom. The molecule has 170 valence electrons. The fourth-order valence-electron chi connectivity index (χ4n) is 2.71. The minimum atomic E-state index is -0.407. The molecule has 0 aliphatic carbocycles. The largest absolute Gasteiger partial charge is 0.457 e. The first-order chi connectivity index (χ1) is 16.6. The van der Waals surface area contributed by atoms with Crippen LogP contribution in [0.2, 0.25) is 0 Å². The first-order valence-corrected chi connectivity index (χ1v) is 10.1. The average Bonchev–Trinajstić information content (AvgIpc) is 2.84. The zero-order valence-electron chi connectivity index (χ0n) is 17.8. The number of benzene rings is 3. The van der Waals surface area contributed by atoms with Crippen molar-refractivity contribution in [3.8, 4) is 23.0 Å². The number of carbonyl (C=O) groups excluding carboxylic acids is 4. The molecular weight excluding hydrogens is 436 g/mol. The molecule has 3 aromatic rings. The molecule has 2 amide bonds. The fourth-order valence-corrected chi connectivity index (χ4v) is 2.71. The lowest BCUT2D eigenvalue weighted by atomic mass is 10.2. The van der Waals surface area contributed by atoms with Crippen LogP contribution in [0.15, 0.2) is 97.1 Å². The van der Waals surface area contributed by atoms with Crippen molar-refractivity contribution in [1.29, 1.82) is 0 Å². The van der Waals surface area contributed by atoms with Crippen molar-refractivity contribution >= 4 is 35.8 Å². The van der Waals surface area contributed by atoms with E-state index in [0.29, 0.717) is 46.9 Å². The number of hydrogen-bond donors (Lipinski definition) is 2. The van der Waals surface area contributed by atoms with Crippen LogP contribution in [-0.2, 0) is 19.2 Å². The van der Waals surface area contributed by atoms with Gasteiger partial charge in [-0.2, -0.15) is 0 Å². The van der Waals surface area contributed by atoms with E-state index >= 15 is 0 Å². The van der Waals surface area contributed by atoms with Gasteiger partial charge in [-0.05, 0) is 72.8 Å². The molecule has 0 unspecified atom stereocenters. The summed E-state index contributed by atoms with van der Waals surface area (Å²) in [5.74, 6) is 1.40. The lowest BCUT2D eigenvalue weighted by Crippen LogP contribution is -2.07.